The number of anilines is 1. The second-order valence-electron chi connectivity index (χ2n) is 4.92. The Morgan fingerprint density at radius 3 is 2.29 bits per heavy atom. The van der Waals surface area contributed by atoms with Crippen LogP contribution >= 0.6 is 23.2 Å². The Labute approximate surface area is 130 Å². The number of carbonyl (C=O) groups is 1. The lowest BCUT2D eigenvalue weighted by Crippen LogP contribution is -2.22. The van der Waals surface area contributed by atoms with Crippen LogP contribution in [0.2, 0.25) is 10.0 Å². The van der Waals surface area contributed by atoms with Crippen molar-refractivity contribution >= 4 is 35.3 Å². The highest BCUT2D eigenvalue weighted by molar-refractivity contribution is 6.34. The number of hydrogen-bond donors (Lipinski definition) is 2. The van der Waals surface area contributed by atoms with Crippen LogP contribution in [0.15, 0.2) is 24.3 Å². The summed E-state index contributed by atoms with van der Waals surface area (Å²) in [4.78, 5) is 12.6. The normalized spacial score (nSPS) is 14.2. The van der Waals surface area contributed by atoms with Crippen LogP contribution < -0.4 is 4.90 Å². The molecule has 7 heteroatoms. The molecular weight excluding hydrogens is 315 g/mol. The summed E-state index contributed by atoms with van der Waals surface area (Å²) in [5.74, 6) is -0.432. The van der Waals surface area contributed by atoms with E-state index >= 15 is 0 Å². The van der Waals surface area contributed by atoms with Crippen molar-refractivity contribution in [3.63, 3.8) is 0 Å². The molecule has 0 atom stereocenters. The molecular formula is C14H12Cl2N2O3. The molecule has 1 aromatic carbocycles. The van der Waals surface area contributed by atoms with E-state index in [1.807, 2.05) is 0 Å². The van der Waals surface area contributed by atoms with E-state index in [9.17, 15) is 15.0 Å². The zero-order valence-corrected chi connectivity index (χ0v) is 12.3. The van der Waals surface area contributed by atoms with E-state index in [1.165, 1.54) is 15.5 Å². The quantitative estimate of drug-likeness (QED) is 0.847. The Hall–Kier alpha value is -1.85. The number of halogens is 2. The summed E-state index contributed by atoms with van der Waals surface area (Å²) in [5, 5.41) is 21.2. The molecule has 1 saturated carbocycles. The molecule has 0 aliphatic heterocycles. The first-order valence-electron chi connectivity index (χ1n) is 6.35. The lowest BCUT2D eigenvalue weighted by molar-refractivity contribution is -0.107. The van der Waals surface area contributed by atoms with Gasteiger partial charge >= 0.3 is 0 Å². The SMILES string of the molecule is O=CN(c1cc(O)n(-c2cc(Cl)cc(Cl)c2)c1O)C1CC1. The van der Waals surface area contributed by atoms with Crippen molar-refractivity contribution in [2.24, 2.45) is 0 Å². The van der Waals surface area contributed by atoms with Crippen LogP contribution in [-0.2, 0) is 4.79 Å². The van der Waals surface area contributed by atoms with Crippen molar-refractivity contribution in [3.8, 4) is 17.4 Å². The molecule has 110 valence electrons. The monoisotopic (exact) mass is 326 g/mol. The molecule has 2 aromatic rings. The van der Waals surface area contributed by atoms with Gasteiger partial charge in [-0.25, -0.2) is 4.57 Å². The van der Waals surface area contributed by atoms with Crippen LogP contribution in [0.25, 0.3) is 5.69 Å². The summed E-state index contributed by atoms with van der Waals surface area (Å²) in [6, 6.07) is 6.08. The third kappa shape index (κ3) is 2.54. The fourth-order valence-corrected chi connectivity index (χ4v) is 2.79. The van der Waals surface area contributed by atoms with Crippen LogP contribution in [-0.4, -0.2) is 27.2 Å². The average Bonchev–Trinajstić information content (AvgIpc) is 3.17. The van der Waals surface area contributed by atoms with Crippen molar-refractivity contribution in [2.75, 3.05) is 4.90 Å². The van der Waals surface area contributed by atoms with Crippen LogP contribution in [0, 0.1) is 0 Å². The van der Waals surface area contributed by atoms with Gasteiger partial charge in [0.05, 0.1) is 5.69 Å². The maximum atomic E-state index is 11.2. The largest absolute Gasteiger partial charge is 0.494 e. The summed E-state index contributed by atoms with van der Waals surface area (Å²) in [6.45, 7) is 0. The first-order chi connectivity index (χ1) is 10.0. The molecule has 5 nitrogen and oxygen atoms in total. The third-order valence-corrected chi connectivity index (χ3v) is 3.81. The minimum atomic E-state index is -0.232. The van der Waals surface area contributed by atoms with E-state index in [0.29, 0.717) is 22.1 Å². The predicted molar refractivity (Wildman–Crippen MR) is 80.7 cm³/mol. The summed E-state index contributed by atoms with van der Waals surface area (Å²) < 4.78 is 1.19. The predicted octanol–water partition coefficient (Wildman–Crippen LogP) is 3.32. The van der Waals surface area contributed by atoms with Crippen LogP contribution in [0.4, 0.5) is 5.69 Å². The molecule has 1 fully saturated rings. The van der Waals surface area contributed by atoms with E-state index in [0.717, 1.165) is 12.8 Å². The molecule has 2 N–H and O–H groups in total. The molecule has 0 spiro atoms. The molecule has 1 amide bonds. The van der Waals surface area contributed by atoms with Crippen molar-refractivity contribution < 1.29 is 15.0 Å². The van der Waals surface area contributed by atoms with Gasteiger partial charge < -0.3 is 15.1 Å². The zero-order chi connectivity index (χ0) is 15.1. The van der Waals surface area contributed by atoms with Crippen molar-refractivity contribution in [2.45, 2.75) is 18.9 Å². The molecule has 0 unspecified atom stereocenters. The Bertz CT molecular complexity index is 690. The van der Waals surface area contributed by atoms with Gasteiger partial charge in [-0.15, -0.1) is 0 Å². The van der Waals surface area contributed by atoms with Gasteiger partial charge in [-0.2, -0.15) is 0 Å². The number of carbonyl (C=O) groups excluding carboxylic acids is 1. The lowest BCUT2D eigenvalue weighted by Gasteiger charge is -2.15. The van der Waals surface area contributed by atoms with Gasteiger partial charge in [0.25, 0.3) is 0 Å². The molecule has 0 bridgehead atoms. The minimum Gasteiger partial charge on any atom is -0.494 e. The molecule has 3 rings (SSSR count). The molecule has 0 radical (unpaired) electrons. The standard InChI is InChI=1S/C14H12Cl2N2O3/c15-8-3-9(16)5-11(4-8)18-13(20)6-12(14(18)21)17(7-19)10-1-2-10/h3-7,10,20-21H,1-2H2. The maximum absolute atomic E-state index is 11.2. The number of nitrogens with zero attached hydrogens (tertiary/aromatic N) is 2. The van der Waals surface area contributed by atoms with E-state index < -0.39 is 0 Å². The number of aromatic hydroxyl groups is 2. The number of rotatable bonds is 4. The zero-order valence-electron chi connectivity index (χ0n) is 10.8. The first kappa shape index (κ1) is 14.1. The van der Waals surface area contributed by atoms with Gasteiger partial charge in [0.2, 0.25) is 18.2 Å². The number of amides is 1. The van der Waals surface area contributed by atoms with Gasteiger partial charge in [0, 0.05) is 22.2 Å². The summed E-state index contributed by atoms with van der Waals surface area (Å²) in [5.41, 5.74) is 0.677. The van der Waals surface area contributed by atoms with Gasteiger partial charge in [-0.3, -0.25) is 4.79 Å². The second kappa shape index (κ2) is 5.16. The summed E-state index contributed by atoms with van der Waals surface area (Å²) >= 11 is 11.9. The van der Waals surface area contributed by atoms with E-state index in [4.69, 9.17) is 23.2 Å². The maximum Gasteiger partial charge on any atom is 0.223 e. The highest BCUT2D eigenvalue weighted by Crippen LogP contribution is 2.42. The molecule has 1 heterocycles. The molecule has 1 aliphatic rings. The second-order valence-corrected chi connectivity index (χ2v) is 5.79. The third-order valence-electron chi connectivity index (χ3n) is 3.37. The van der Waals surface area contributed by atoms with Gasteiger partial charge in [-0.05, 0) is 31.0 Å². The number of hydrogen-bond acceptors (Lipinski definition) is 3. The van der Waals surface area contributed by atoms with E-state index in [1.54, 1.807) is 18.2 Å². The lowest BCUT2D eigenvalue weighted by atomic mass is 10.3. The summed E-state index contributed by atoms with van der Waals surface area (Å²) in [6.07, 6.45) is 2.42. The Morgan fingerprint density at radius 2 is 1.76 bits per heavy atom. The van der Waals surface area contributed by atoms with Gasteiger partial charge in [0.15, 0.2) is 0 Å². The number of aromatic nitrogens is 1. The number of benzene rings is 1. The smallest absolute Gasteiger partial charge is 0.223 e. The van der Waals surface area contributed by atoms with Gasteiger partial charge in [-0.1, -0.05) is 23.2 Å². The highest BCUT2D eigenvalue weighted by atomic mass is 35.5. The molecule has 1 aromatic heterocycles. The minimum absolute atomic E-state index is 0.0756. The molecule has 0 saturated heterocycles. The Kier molecular flexibility index (Phi) is 3.47. The summed E-state index contributed by atoms with van der Waals surface area (Å²) in [7, 11) is 0. The van der Waals surface area contributed by atoms with Crippen molar-refractivity contribution in [3.05, 3.63) is 34.3 Å². The fraction of sp³-hybridized carbons (Fsp3) is 0.214. The molecule has 1 aliphatic carbocycles. The van der Waals surface area contributed by atoms with Crippen LogP contribution in [0.1, 0.15) is 12.8 Å². The van der Waals surface area contributed by atoms with Crippen molar-refractivity contribution in [1.29, 1.82) is 0 Å². The van der Waals surface area contributed by atoms with Gasteiger partial charge in [0.1, 0.15) is 5.69 Å². The van der Waals surface area contributed by atoms with Crippen LogP contribution in [0.3, 0.4) is 0 Å². The van der Waals surface area contributed by atoms with E-state index in [2.05, 4.69) is 0 Å². The van der Waals surface area contributed by atoms with Crippen molar-refractivity contribution in [1.82, 2.24) is 4.57 Å². The Morgan fingerprint density at radius 1 is 1.14 bits per heavy atom. The first-order valence-corrected chi connectivity index (χ1v) is 7.10. The van der Waals surface area contributed by atoms with E-state index in [-0.39, 0.29) is 23.5 Å². The Balaban J connectivity index is 2.11. The highest BCUT2D eigenvalue weighted by Gasteiger charge is 2.32. The molecule has 21 heavy (non-hydrogen) atoms. The fourth-order valence-electron chi connectivity index (χ4n) is 2.28. The van der Waals surface area contributed by atoms with Crippen LogP contribution in [0.5, 0.6) is 11.8 Å². The topological polar surface area (TPSA) is 65.7 Å². The average molecular weight is 327 g/mol.